The molecule has 2 nitrogen and oxygen atoms in total. The molecule has 0 saturated carbocycles. The minimum atomic E-state index is 0.511. The number of ether oxygens (including phenoxy) is 1. The van der Waals surface area contributed by atoms with E-state index >= 15 is 0 Å². The number of benzene rings is 2. The lowest BCUT2D eigenvalue weighted by atomic mass is 10.2. The molecule has 0 fully saturated rings. The van der Waals surface area contributed by atoms with Crippen LogP contribution in [0.25, 0.3) is 0 Å². The van der Waals surface area contributed by atoms with E-state index in [1.165, 1.54) is 0 Å². The lowest BCUT2D eigenvalue weighted by molar-refractivity contribution is 0.307. The Morgan fingerprint density at radius 1 is 0.867 bits per heavy atom. The zero-order chi connectivity index (χ0) is 10.5. The zero-order valence-corrected chi connectivity index (χ0v) is 8.39. The quantitative estimate of drug-likeness (QED) is 0.771. The van der Waals surface area contributed by atoms with E-state index in [9.17, 15) is 0 Å². The minimum Gasteiger partial charge on any atom is -0.489 e. The summed E-state index contributed by atoms with van der Waals surface area (Å²) in [7, 11) is 0. The molecule has 0 bridgehead atoms. The van der Waals surface area contributed by atoms with Crippen LogP contribution in [0, 0.1) is 0 Å². The predicted molar refractivity (Wildman–Crippen MR) is 61.6 cm³/mol. The molecule has 0 aliphatic heterocycles. The fourth-order valence-electron chi connectivity index (χ4n) is 1.34. The Hall–Kier alpha value is -1.96. The first-order valence-electron chi connectivity index (χ1n) is 4.87. The summed E-state index contributed by atoms with van der Waals surface area (Å²) in [4.78, 5) is 0. The smallest absolute Gasteiger partial charge is 0.119 e. The molecule has 2 aromatic carbocycles. The van der Waals surface area contributed by atoms with Crippen LogP contribution in [0.15, 0.2) is 54.6 Å². The fourth-order valence-corrected chi connectivity index (χ4v) is 1.34. The molecule has 0 radical (unpaired) electrons. The predicted octanol–water partition coefficient (Wildman–Crippen LogP) is 2.85. The molecule has 2 rings (SSSR count). The summed E-state index contributed by atoms with van der Waals surface area (Å²) >= 11 is 0. The van der Waals surface area contributed by atoms with E-state index in [4.69, 9.17) is 10.5 Å². The Labute approximate surface area is 89.3 Å². The fraction of sp³-hybridized carbons (Fsp3) is 0.0769. The highest BCUT2D eigenvalue weighted by Gasteiger charge is 1.98. The SMILES string of the molecule is Nc1ccccc1COc1ccccc1. The van der Waals surface area contributed by atoms with E-state index in [1.807, 2.05) is 54.6 Å². The maximum absolute atomic E-state index is 5.80. The molecular weight excluding hydrogens is 186 g/mol. The Morgan fingerprint density at radius 2 is 1.53 bits per heavy atom. The molecule has 76 valence electrons. The van der Waals surface area contributed by atoms with Gasteiger partial charge in [0.05, 0.1) is 0 Å². The van der Waals surface area contributed by atoms with Gasteiger partial charge in [-0.25, -0.2) is 0 Å². The van der Waals surface area contributed by atoms with E-state index in [0.717, 1.165) is 17.0 Å². The average molecular weight is 199 g/mol. The Kier molecular flexibility index (Phi) is 2.88. The van der Waals surface area contributed by atoms with Gasteiger partial charge >= 0.3 is 0 Å². The zero-order valence-electron chi connectivity index (χ0n) is 8.39. The molecule has 0 saturated heterocycles. The van der Waals surface area contributed by atoms with E-state index < -0.39 is 0 Å². The van der Waals surface area contributed by atoms with Crippen molar-refractivity contribution in [2.75, 3.05) is 5.73 Å². The second kappa shape index (κ2) is 4.51. The Morgan fingerprint density at radius 3 is 2.27 bits per heavy atom. The summed E-state index contributed by atoms with van der Waals surface area (Å²) in [5.74, 6) is 0.862. The van der Waals surface area contributed by atoms with Gasteiger partial charge in [0, 0.05) is 11.3 Å². The standard InChI is InChI=1S/C13H13NO/c14-13-9-5-4-6-11(13)10-15-12-7-2-1-3-8-12/h1-9H,10,14H2. The van der Waals surface area contributed by atoms with Crippen molar-refractivity contribution >= 4 is 5.69 Å². The van der Waals surface area contributed by atoms with Gasteiger partial charge in [-0.3, -0.25) is 0 Å². The first-order chi connectivity index (χ1) is 7.36. The molecule has 0 aliphatic rings. The third-order valence-electron chi connectivity index (χ3n) is 2.19. The van der Waals surface area contributed by atoms with Gasteiger partial charge in [0.2, 0.25) is 0 Å². The highest BCUT2D eigenvalue weighted by molar-refractivity contribution is 5.46. The van der Waals surface area contributed by atoms with Gasteiger partial charge in [0.1, 0.15) is 12.4 Å². The number of rotatable bonds is 3. The van der Waals surface area contributed by atoms with Gasteiger partial charge in [-0.15, -0.1) is 0 Å². The number of anilines is 1. The molecule has 15 heavy (non-hydrogen) atoms. The van der Waals surface area contributed by atoms with Crippen molar-refractivity contribution in [3.8, 4) is 5.75 Å². The van der Waals surface area contributed by atoms with Gasteiger partial charge in [-0.05, 0) is 18.2 Å². The number of hydrogen-bond acceptors (Lipinski definition) is 2. The van der Waals surface area contributed by atoms with Crippen molar-refractivity contribution < 1.29 is 4.74 Å². The molecule has 0 amide bonds. The van der Waals surface area contributed by atoms with Crippen LogP contribution >= 0.6 is 0 Å². The van der Waals surface area contributed by atoms with Crippen molar-refractivity contribution in [3.63, 3.8) is 0 Å². The molecule has 2 N–H and O–H groups in total. The molecule has 0 heterocycles. The van der Waals surface area contributed by atoms with Crippen LogP contribution < -0.4 is 10.5 Å². The van der Waals surface area contributed by atoms with E-state index in [1.54, 1.807) is 0 Å². The molecule has 0 atom stereocenters. The number of nitrogens with two attached hydrogens (primary N) is 1. The second-order valence-electron chi connectivity index (χ2n) is 3.30. The molecule has 0 spiro atoms. The highest BCUT2D eigenvalue weighted by atomic mass is 16.5. The average Bonchev–Trinajstić information content (AvgIpc) is 2.29. The van der Waals surface area contributed by atoms with Gasteiger partial charge in [0.25, 0.3) is 0 Å². The van der Waals surface area contributed by atoms with E-state index in [0.29, 0.717) is 6.61 Å². The number of para-hydroxylation sites is 2. The lowest BCUT2D eigenvalue weighted by Crippen LogP contribution is -1.99. The summed E-state index contributed by atoms with van der Waals surface area (Å²) in [6.45, 7) is 0.511. The third-order valence-corrected chi connectivity index (χ3v) is 2.19. The van der Waals surface area contributed by atoms with Crippen LogP contribution in [0.5, 0.6) is 5.75 Å². The summed E-state index contributed by atoms with van der Waals surface area (Å²) in [6, 6.07) is 17.4. The molecule has 0 aliphatic carbocycles. The molecule has 0 aromatic heterocycles. The first-order valence-corrected chi connectivity index (χ1v) is 4.87. The second-order valence-corrected chi connectivity index (χ2v) is 3.30. The van der Waals surface area contributed by atoms with Gasteiger partial charge in [0.15, 0.2) is 0 Å². The monoisotopic (exact) mass is 199 g/mol. The van der Waals surface area contributed by atoms with E-state index in [2.05, 4.69) is 0 Å². The maximum atomic E-state index is 5.80. The van der Waals surface area contributed by atoms with Crippen LogP contribution in [0.3, 0.4) is 0 Å². The summed E-state index contributed by atoms with van der Waals surface area (Å²) in [6.07, 6.45) is 0. The first kappa shape index (κ1) is 9.59. The van der Waals surface area contributed by atoms with Gasteiger partial charge < -0.3 is 10.5 Å². The van der Waals surface area contributed by atoms with Crippen LogP contribution in [-0.2, 0) is 6.61 Å². The van der Waals surface area contributed by atoms with Crippen LogP contribution in [-0.4, -0.2) is 0 Å². The lowest BCUT2D eigenvalue weighted by Gasteiger charge is -2.07. The van der Waals surface area contributed by atoms with Crippen molar-refractivity contribution in [1.29, 1.82) is 0 Å². The number of hydrogen-bond donors (Lipinski definition) is 1. The molecule has 2 heteroatoms. The van der Waals surface area contributed by atoms with E-state index in [-0.39, 0.29) is 0 Å². The van der Waals surface area contributed by atoms with Gasteiger partial charge in [-0.2, -0.15) is 0 Å². The van der Waals surface area contributed by atoms with Crippen LogP contribution in [0.1, 0.15) is 5.56 Å². The minimum absolute atomic E-state index is 0.511. The molecule has 2 aromatic rings. The normalized spacial score (nSPS) is 9.87. The largest absolute Gasteiger partial charge is 0.489 e. The topological polar surface area (TPSA) is 35.2 Å². The molecular formula is C13H13NO. The van der Waals surface area contributed by atoms with Crippen molar-refractivity contribution in [1.82, 2.24) is 0 Å². The third kappa shape index (κ3) is 2.50. The van der Waals surface area contributed by atoms with Gasteiger partial charge in [-0.1, -0.05) is 36.4 Å². The van der Waals surface area contributed by atoms with Crippen molar-refractivity contribution in [2.45, 2.75) is 6.61 Å². The van der Waals surface area contributed by atoms with Crippen molar-refractivity contribution in [3.05, 3.63) is 60.2 Å². The maximum Gasteiger partial charge on any atom is 0.119 e. The molecule has 0 unspecified atom stereocenters. The van der Waals surface area contributed by atoms with Crippen molar-refractivity contribution in [2.24, 2.45) is 0 Å². The van der Waals surface area contributed by atoms with Crippen LogP contribution in [0.4, 0.5) is 5.69 Å². The Balaban J connectivity index is 2.03. The summed E-state index contributed by atoms with van der Waals surface area (Å²) < 4.78 is 5.59. The highest BCUT2D eigenvalue weighted by Crippen LogP contribution is 2.15. The number of nitrogen functional groups attached to an aromatic ring is 1. The summed E-state index contributed by atoms with van der Waals surface area (Å²) in [5, 5.41) is 0. The van der Waals surface area contributed by atoms with Crippen LogP contribution in [0.2, 0.25) is 0 Å². The summed E-state index contributed by atoms with van der Waals surface area (Å²) in [5.41, 5.74) is 7.59. The Bertz CT molecular complexity index is 426.